The van der Waals surface area contributed by atoms with Crippen LogP contribution in [0, 0.1) is 5.92 Å². The van der Waals surface area contributed by atoms with Crippen LogP contribution in [0.25, 0.3) is 0 Å². The zero-order chi connectivity index (χ0) is 14.5. The lowest BCUT2D eigenvalue weighted by molar-refractivity contribution is -0.142. The Morgan fingerprint density at radius 2 is 1.80 bits per heavy atom. The Morgan fingerprint density at radius 3 is 2.40 bits per heavy atom. The Hall–Kier alpha value is -1.51. The van der Waals surface area contributed by atoms with Crippen LogP contribution in [0.1, 0.15) is 57.4 Å². The van der Waals surface area contributed by atoms with Crippen molar-refractivity contribution in [2.45, 2.75) is 58.0 Å². The van der Waals surface area contributed by atoms with Gasteiger partial charge in [0.2, 0.25) is 0 Å². The van der Waals surface area contributed by atoms with Gasteiger partial charge in [-0.1, -0.05) is 31.4 Å². The van der Waals surface area contributed by atoms with Crippen LogP contribution in [0.3, 0.4) is 0 Å². The second kappa shape index (κ2) is 6.78. The maximum atomic E-state index is 11.5. The van der Waals surface area contributed by atoms with Crippen molar-refractivity contribution in [3.63, 3.8) is 0 Å². The standard InChI is InChI=1S/C17H24O3/c1-12(2)20-14-10-8-13(9-11-14)15-6-4-3-5-7-16(15)17(18)19/h8-12,15-16H,3-7H2,1-2H3,(H,18,19). The smallest absolute Gasteiger partial charge is 0.307 e. The fraction of sp³-hybridized carbons (Fsp3) is 0.588. The number of carboxylic acid groups (broad SMARTS) is 1. The first kappa shape index (κ1) is 14.9. The van der Waals surface area contributed by atoms with Crippen LogP contribution in [0.4, 0.5) is 0 Å². The lowest BCUT2D eigenvalue weighted by Crippen LogP contribution is -2.21. The molecule has 1 aromatic carbocycles. The molecule has 2 atom stereocenters. The third kappa shape index (κ3) is 3.75. The zero-order valence-electron chi connectivity index (χ0n) is 12.3. The average Bonchev–Trinajstić information content (AvgIpc) is 2.64. The Bertz CT molecular complexity index is 436. The third-order valence-electron chi connectivity index (χ3n) is 4.01. The summed E-state index contributed by atoms with van der Waals surface area (Å²) in [6.45, 7) is 4.00. The number of ether oxygens (including phenoxy) is 1. The normalized spacial score (nSPS) is 23.4. The van der Waals surface area contributed by atoms with E-state index in [-0.39, 0.29) is 17.9 Å². The van der Waals surface area contributed by atoms with Crippen molar-refractivity contribution in [2.75, 3.05) is 0 Å². The van der Waals surface area contributed by atoms with Gasteiger partial charge < -0.3 is 9.84 Å². The number of carboxylic acids is 1. The Balaban J connectivity index is 2.16. The molecule has 1 aromatic rings. The van der Waals surface area contributed by atoms with Gasteiger partial charge in [-0.25, -0.2) is 0 Å². The van der Waals surface area contributed by atoms with Crippen molar-refractivity contribution in [3.05, 3.63) is 29.8 Å². The van der Waals surface area contributed by atoms with Crippen molar-refractivity contribution in [2.24, 2.45) is 5.92 Å². The van der Waals surface area contributed by atoms with Gasteiger partial charge in [-0.2, -0.15) is 0 Å². The van der Waals surface area contributed by atoms with Crippen LogP contribution in [0.2, 0.25) is 0 Å². The van der Waals surface area contributed by atoms with Gasteiger partial charge >= 0.3 is 5.97 Å². The van der Waals surface area contributed by atoms with Crippen LogP contribution in [0.5, 0.6) is 5.75 Å². The molecule has 0 saturated heterocycles. The summed E-state index contributed by atoms with van der Waals surface area (Å²) in [6.07, 6.45) is 5.23. The van der Waals surface area contributed by atoms with Gasteiger partial charge in [0.1, 0.15) is 5.75 Å². The molecule has 1 aliphatic carbocycles. The molecule has 20 heavy (non-hydrogen) atoms. The fourth-order valence-corrected chi connectivity index (χ4v) is 3.07. The number of hydrogen-bond acceptors (Lipinski definition) is 2. The van der Waals surface area contributed by atoms with E-state index in [1.807, 2.05) is 38.1 Å². The number of rotatable bonds is 4. The molecule has 0 heterocycles. The molecule has 1 fully saturated rings. The van der Waals surface area contributed by atoms with Crippen LogP contribution >= 0.6 is 0 Å². The minimum atomic E-state index is -0.653. The summed E-state index contributed by atoms with van der Waals surface area (Å²) in [5, 5.41) is 9.44. The van der Waals surface area contributed by atoms with E-state index in [4.69, 9.17) is 4.74 Å². The molecule has 2 unspecified atom stereocenters. The van der Waals surface area contributed by atoms with Crippen LogP contribution < -0.4 is 4.74 Å². The van der Waals surface area contributed by atoms with Gasteiger partial charge in [-0.15, -0.1) is 0 Å². The van der Waals surface area contributed by atoms with E-state index in [2.05, 4.69) is 0 Å². The van der Waals surface area contributed by atoms with Crippen LogP contribution in [-0.2, 0) is 4.79 Å². The number of aliphatic carboxylic acids is 1. The van der Waals surface area contributed by atoms with Gasteiger partial charge in [0.25, 0.3) is 0 Å². The molecule has 3 nitrogen and oxygen atoms in total. The summed E-state index contributed by atoms with van der Waals surface area (Å²) in [7, 11) is 0. The van der Waals surface area contributed by atoms with Crippen molar-refractivity contribution < 1.29 is 14.6 Å². The zero-order valence-corrected chi connectivity index (χ0v) is 12.3. The molecule has 0 spiro atoms. The molecule has 0 aliphatic heterocycles. The van der Waals surface area contributed by atoms with Crippen molar-refractivity contribution >= 4 is 5.97 Å². The minimum Gasteiger partial charge on any atom is -0.491 e. The number of carbonyl (C=O) groups is 1. The molecule has 0 aromatic heterocycles. The predicted octanol–water partition coefficient (Wildman–Crippen LogP) is 4.22. The average molecular weight is 276 g/mol. The van der Waals surface area contributed by atoms with E-state index >= 15 is 0 Å². The highest BCUT2D eigenvalue weighted by molar-refractivity contribution is 5.71. The highest BCUT2D eigenvalue weighted by Crippen LogP contribution is 2.37. The van der Waals surface area contributed by atoms with Crippen molar-refractivity contribution in [1.82, 2.24) is 0 Å². The molecule has 0 radical (unpaired) electrons. The maximum absolute atomic E-state index is 11.5. The maximum Gasteiger partial charge on any atom is 0.307 e. The topological polar surface area (TPSA) is 46.5 Å². The molecule has 110 valence electrons. The lowest BCUT2D eigenvalue weighted by Gasteiger charge is -2.22. The molecule has 1 N–H and O–H groups in total. The van der Waals surface area contributed by atoms with Gasteiger partial charge in [0, 0.05) is 0 Å². The Morgan fingerprint density at radius 1 is 1.15 bits per heavy atom. The second-order valence-corrected chi connectivity index (χ2v) is 5.92. The molecule has 3 heteroatoms. The summed E-state index contributed by atoms with van der Waals surface area (Å²) in [5.74, 6) is 0.0983. The highest BCUT2D eigenvalue weighted by atomic mass is 16.5. The Kier molecular flexibility index (Phi) is 5.05. The SMILES string of the molecule is CC(C)Oc1ccc(C2CCCCCC2C(=O)O)cc1. The highest BCUT2D eigenvalue weighted by Gasteiger charge is 2.30. The third-order valence-corrected chi connectivity index (χ3v) is 4.01. The van der Waals surface area contributed by atoms with Gasteiger partial charge in [0.15, 0.2) is 0 Å². The summed E-state index contributed by atoms with van der Waals surface area (Å²) < 4.78 is 5.64. The first-order valence-electron chi connectivity index (χ1n) is 7.57. The van der Waals surface area contributed by atoms with E-state index in [1.165, 1.54) is 0 Å². The van der Waals surface area contributed by atoms with Crippen molar-refractivity contribution in [1.29, 1.82) is 0 Å². The molecule has 0 bridgehead atoms. The van der Waals surface area contributed by atoms with Gasteiger partial charge in [0.05, 0.1) is 12.0 Å². The molecule has 0 amide bonds. The first-order chi connectivity index (χ1) is 9.58. The van der Waals surface area contributed by atoms with E-state index in [0.29, 0.717) is 0 Å². The largest absolute Gasteiger partial charge is 0.491 e. The predicted molar refractivity (Wildman–Crippen MR) is 79.2 cm³/mol. The summed E-state index contributed by atoms with van der Waals surface area (Å²) in [4.78, 5) is 11.5. The van der Waals surface area contributed by atoms with Gasteiger partial charge in [-0.3, -0.25) is 4.79 Å². The summed E-state index contributed by atoms with van der Waals surface area (Å²) in [5.41, 5.74) is 1.13. The summed E-state index contributed by atoms with van der Waals surface area (Å²) in [6, 6.07) is 7.98. The second-order valence-electron chi connectivity index (χ2n) is 5.92. The molecule has 1 saturated carbocycles. The van der Waals surface area contributed by atoms with E-state index in [1.54, 1.807) is 0 Å². The minimum absolute atomic E-state index is 0.142. The quantitative estimate of drug-likeness (QED) is 0.837. The van der Waals surface area contributed by atoms with E-state index in [0.717, 1.165) is 43.4 Å². The monoisotopic (exact) mass is 276 g/mol. The number of hydrogen-bond donors (Lipinski definition) is 1. The Labute approximate surface area is 121 Å². The fourth-order valence-electron chi connectivity index (χ4n) is 3.07. The summed E-state index contributed by atoms with van der Waals surface area (Å²) >= 11 is 0. The van der Waals surface area contributed by atoms with Gasteiger partial charge in [-0.05, 0) is 50.3 Å². The first-order valence-corrected chi connectivity index (χ1v) is 7.57. The van der Waals surface area contributed by atoms with Crippen LogP contribution in [-0.4, -0.2) is 17.2 Å². The van der Waals surface area contributed by atoms with E-state index in [9.17, 15) is 9.90 Å². The van der Waals surface area contributed by atoms with E-state index < -0.39 is 5.97 Å². The lowest BCUT2D eigenvalue weighted by atomic mass is 9.82. The molecular formula is C17H24O3. The molecular weight excluding hydrogens is 252 g/mol. The molecule has 1 aliphatic rings. The molecule has 2 rings (SSSR count). The van der Waals surface area contributed by atoms with Crippen molar-refractivity contribution in [3.8, 4) is 5.75 Å². The number of benzene rings is 1. The van der Waals surface area contributed by atoms with Crippen LogP contribution in [0.15, 0.2) is 24.3 Å².